The van der Waals surface area contributed by atoms with Gasteiger partial charge in [0, 0.05) is 48.3 Å². The van der Waals surface area contributed by atoms with Crippen molar-refractivity contribution in [3.63, 3.8) is 0 Å². The Morgan fingerprint density at radius 3 is 2.73 bits per heavy atom. The number of hydrogen-bond acceptors (Lipinski definition) is 8. The number of fused-ring (bicyclic) bond motifs is 3. The summed E-state index contributed by atoms with van der Waals surface area (Å²) in [6.07, 6.45) is 1.18. The van der Waals surface area contributed by atoms with Crippen LogP contribution in [0.25, 0.3) is 33.2 Å². The van der Waals surface area contributed by atoms with Crippen LogP contribution in [-0.4, -0.2) is 80.1 Å². The van der Waals surface area contributed by atoms with Crippen LogP contribution in [0.4, 0.5) is 13.2 Å². The normalized spacial score (nSPS) is 16.2. The van der Waals surface area contributed by atoms with Crippen molar-refractivity contribution in [2.75, 3.05) is 39.5 Å². The second-order valence-corrected chi connectivity index (χ2v) is 9.99. The number of alkyl halides is 3. The highest BCUT2D eigenvalue weighted by Gasteiger charge is 2.31. The third kappa shape index (κ3) is 5.24. The predicted octanol–water partition coefficient (Wildman–Crippen LogP) is 3.76. The van der Waals surface area contributed by atoms with Gasteiger partial charge in [-0.2, -0.15) is 23.4 Å². The van der Waals surface area contributed by atoms with E-state index >= 15 is 0 Å². The molecule has 13 heteroatoms. The van der Waals surface area contributed by atoms with Crippen LogP contribution < -0.4 is 4.74 Å². The summed E-state index contributed by atoms with van der Waals surface area (Å²) in [6, 6.07) is 5.91. The van der Waals surface area contributed by atoms with Gasteiger partial charge >= 0.3 is 6.18 Å². The molecule has 5 heterocycles. The SMILES string of the molecule is FC(F)(F)Cn1ncnc1-c1nc2c(s1)CCOc1ccc(-c3cnn(CCN4CCOCC4)c3)cc1-2. The number of nitrogens with zero attached hydrogens (tertiary/aromatic N) is 7. The molecule has 0 aliphatic carbocycles. The number of benzene rings is 1. The highest BCUT2D eigenvalue weighted by molar-refractivity contribution is 7.15. The molecule has 2 aliphatic heterocycles. The van der Waals surface area contributed by atoms with Gasteiger partial charge in [0.2, 0.25) is 0 Å². The van der Waals surface area contributed by atoms with Gasteiger partial charge in [-0.05, 0) is 17.7 Å². The molecule has 3 aromatic heterocycles. The summed E-state index contributed by atoms with van der Waals surface area (Å²) >= 11 is 1.32. The molecule has 0 unspecified atom stereocenters. The highest BCUT2D eigenvalue weighted by Crippen LogP contribution is 2.41. The Morgan fingerprint density at radius 1 is 1.03 bits per heavy atom. The second-order valence-electron chi connectivity index (χ2n) is 8.90. The van der Waals surface area contributed by atoms with Crippen LogP contribution in [0.3, 0.4) is 0 Å². The van der Waals surface area contributed by atoms with Gasteiger partial charge in [0.05, 0.1) is 38.3 Å². The van der Waals surface area contributed by atoms with Gasteiger partial charge in [-0.1, -0.05) is 6.07 Å². The Hall–Kier alpha value is -3.29. The maximum Gasteiger partial charge on any atom is 0.408 e. The number of aromatic nitrogens is 6. The lowest BCUT2D eigenvalue weighted by molar-refractivity contribution is -0.142. The van der Waals surface area contributed by atoms with Crippen molar-refractivity contribution in [3.8, 4) is 39.0 Å². The van der Waals surface area contributed by atoms with Crippen molar-refractivity contribution in [1.29, 1.82) is 0 Å². The minimum Gasteiger partial charge on any atom is -0.493 e. The van der Waals surface area contributed by atoms with Gasteiger partial charge < -0.3 is 9.47 Å². The lowest BCUT2D eigenvalue weighted by atomic mass is 10.0. The Morgan fingerprint density at radius 2 is 1.89 bits per heavy atom. The lowest BCUT2D eigenvalue weighted by Gasteiger charge is -2.26. The molecule has 2 aliphatic rings. The molecule has 0 N–H and O–H groups in total. The first kappa shape index (κ1) is 24.1. The smallest absolute Gasteiger partial charge is 0.408 e. The standard InChI is InChI=1S/C24H24F3N7O2S/c25-24(26,27)14-34-22(28-15-30-34)23-31-21-18-11-16(1-2-19(18)36-8-3-20(21)37-23)17-12-29-33(13-17)5-4-32-6-9-35-10-7-32/h1-2,11-13,15H,3-10,14H2. The molecule has 6 rings (SSSR count). The minimum atomic E-state index is -4.40. The first-order valence-corrected chi connectivity index (χ1v) is 12.8. The van der Waals surface area contributed by atoms with Gasteiger partial charge in [0.25, 0.3) is 0 Å². The summed E-state index contributed by atoms with van der Waals surface area (Å²) in [6.45, 7) is 4.33. The van der Waals surface area contributed by atoms with E-state index in [0.717, 1.165) is 72.0 Å². The second kappa shape index (κ2) is 9.88. The summed E-state index contributed by atoms with van der Waals surface area (Å²) in [5.74, 6) is 0.798. The zero-order valence-electron chi connectivity index (χ0n) is 19.8. The molecule has 9 nitrogen and oxygen atoms in total. The first-order valence-electron chi connectivity index (χ1n) is 12.0. The van der Waals surface area contributed by atoms with Gasteiger partial charge in [0.15, 0.2) is 10.8 Å². The fraction of sp³-hybridized carbons (Fsp3) is 0.417. The van der Waals surface area contributed by atoms with E-state index in [1.54, 1.807) is 0 Å². The zero-order chi connectivity index (χ0) is 25.4. The van der Waals surface area contributed by atoms with E-state index < -0.39 is 12.7 Å². The average Bonchev–Trinajstić information content (AvgIpc) is 3.61. The molecule has 37 heavy (non-hydrogen) atoms. The summed E-state index contributed by atoms with van der Waals surface area (Å²) < 4.78 is 53.2. The Labute approximate surface area is 214 Å². The van der Waals surface area contributed by atoms with Crippen LogP contribution in [0.1, 0.15) is 4.88 Å². The van der Waals surface area contributed by atoms with Crippen LogP contribution in [0.2, 0.25) is 0 Å². The molecule has 0 amide bonds. The fourth-order valence-corrected chi connectivity index (χ4v) is 5.58. The van der Waals surface area contributed by atoms with E-state index in [-0.39, 0.29) is 5.82 Å². The third-order valence-corrected chi connectivity index (χ3v) is 7.48. The molecule has 0 atom stereocenters. The molecule has 0 radical (unpaired) electrons. The van der Waals surface area contributed by atoms with Gasteiger partial charge in [-0.15, -0.1) is 11.3 Å². The van der Waals surface area contributed by atoms with E-state index in [2.05, 4.69) is 20.1 Å². The molecule has 194 valence electrons. The van der Waals surface area contributed by atoms with Crippen LogP contribution in [0, 0.1) is 0 Å². The van der Waals surface area contributed by atoms with E-state index in [1.165, 1.54) is 11.3 Å². The van der Waals surface area contributed by atoms with Crippen molar-refractivity contribution >= 4 is 11.3 Å². The van der Waals surface area contributed by atoms with Crippen molar-refractivity contribution in [2.24, 2.45) is 0 Å². The number of halogens is 3. The topological polar surface area (TPSA) is 83.1 Å². The van der Waals surface area contributed by atoms with E-state index in [1.807, 2.05) is 35.3 Å². The summed E-state index contributed by atoms with van der Waals surface area (Å²) in [5, 5.41) is 8.69. The quantitative estimate of drug-likeness (QED) is 0.375. The van der Waals surface area contributed by atoms with E-state index in [0.29, 0.717) is 29.5 Å². The molecular weight excluding hydrogens is 507 g/mol. The summed E-state index contributed by atoms with van der Waals surface area (Å²) in [7, 11) is 0. The van der Waals surface area contributed by atoms with Crippen LogP contribution >= 0.6 is 11.3 Å². The number of rotatable bonds is 6. The Kier molecular flexibility index (Phi) is 6.42. The molecule has 0 saturated carbocycles. The fourth-order valence-electron chi connectivity index (χ4n) is 4.52. The molecule has 1 aromatic carbocycles. The van der Waals surface area contributed by atoms with Crippen LogP contribution in [0.15, 0.2) is 36.9 Å². The van der Waals surface area contributed by atoms with Crippen molar-refractivity contribution in [1.82, 2.24) is 34.4 Å². The molecule has 0 spiro atoms. The minimum absolute atomic E-state index is 0.107. The Balaban J connectivity index is 1.27. The van der Waals surface area contributed by atoms with Gasteiger partial charge in [0.1, 0.15) is 18.6 Å². The molecule has 1 saturated heterocycles. The lowest BCUT2D eigenvalue weighted by Crippen LogP contribution is -2.38. The third-order valence-electron chi connectivity index (χ3n) is 6.37. The van der Waals surface area contributed by atoms with Gasteiger partial charge in [-0.3, -0.25) is 9.58 Å². The highest BCUT2D eigenvalue weighted by atomic mass is 32.1. The van der Waals surface area contributed by atoms with Crippen molar-refractivity contribution < 1.29 is 22.6 Å². The molecular formula is C24H24F3N7O2S. The zero-order valence-corrected chi connectivity index (χ0v) is 20.6. The van der Waals surface area contributed by atoms with E-state index in [9.17, 15) is 13.2 Å². The number of ether oxygens (including phenoxy) is 2. The number of thiazole rings is 1. The molecule has 4 aromatic rings. The average molecular weight is 532 g/mol. The molecule has 0 bridgehead atoms. The van der Waals surface area contributed by atoms with Gasteiger partial charge in [-0.25, -0.2) is 14.6 Å². The Bertz CT molecular complexity index is 1390. The number of morpholine rings is 1. The van der Waals surface area contributed by atoms with Crippen molar-refractivity contribution in [2.45, 2.75) is 25.7 Å². The van der Waals surface area contributed by atoms with Crippen molar-refractivity contribution in [3.05, 3.63) is 41.8 Å². The summed E-state index contributed by atoms with van der Waals surface area (Å²) in [4.78, 5) is 12.1. The summed E-state index contributed by atoms with van der Waals surface area (Å²) in [5.41, 5.74) is 3.43. The number of hydrogen-bond donors (Lipinski definition) is 0. The first-order chi connectivity index (χ1) is 17.9. The van der Waals surface area contributed by atoms with Crippen LogP contribution in [0.5, 0.6) is 5.75 Å². The monoisotopic (exact) mass is 531 g/mol. The van der Waals surface area contributed by atoms with E-state index in [4.69, 9.17) is 14.5 Å². The maximum absolute atomic E-state index is 13.0. The van der Waals surface area contributed by atoms with Crippen LogP contribution in [-0.2, 0) is 24.2 Å². The predicted molar refractivity (Wildman–Crippen MR) is 130 cm³/mol. The largest absolute Gasteiger partial charge is 0.493 e. The molecule has 1 fully saturated rings. The maximum atomic E-state index is 13.0.